The number of benzene rings is 2. The van der Waals surface area contributed by atoms with E-state index in [-0.39, 0.29) is 19.1 Å². The Kier molecular flexibility index (Phi) is 7.62. The lowest BCUT2D eigenvalue weighted by atomic mass is 10.2. The van der Waals surface area contributed by atoms with Crippen LogP contribution in [-0.4, -0.2) is 31.3 Å². The lowest BCUT2D eigenvalue weighted by Gasteiger charge is -2.09. The van der Waals surface area contributed by atoms with Gasteiger partial charge in [-0.1, -0.05) is 27.5 Å². The van der Waals surface area contributed by atoms with E-state index >= 15 is 0 Å². The van der Waals surface area contributed by atoms with Crippen LogP contribution in [0.25, 0.3) is 0 Å². The van der Waals surface area contributed by atoms with Gasteiger partial charge >= 0.3 is 5.97 Å². The van der Waals surface area contributed by atoms with Gasteiger partial charge in [0.05, 0.1) is 12.8 Å². The number of nitrogens with zero attached hydrogens (tertiary/aromatic N) is 1. The van der Waals surface area contributed by atoms with Gasteiger partial charge in [-0.3, -0.25) is 4.79 Å². The molecule has 1 amide bonds. The van der Waals surface area contributed by atoms with Crippen LogP contribution in [0.15, 0.2) is 52.0 Å². The molecule has 0 saturated heterocycles. The second-order valence-corrected chi connectivity index (χ2v) is 6.33. The molecular weight excluding hydrogens is 424 g/mol. The van der Waals surface area contributed by atoms with Crippen molar-refractivity contribution in [3.63, 3.8) is 0 Å². The Hall–Kier alpha value is -2.38. The van der Waals surface area contributed by atoms with Gasteiger partial charge in [0, 0.05) is 20.6 Å². The average molecular weight is 440 g/mol. The summed E-state index contributed by atoms with van der Waals surface area (Å²) >= 11 is 9.15. The van der Waals surface area contributed by atoms with Gasteiger partial charge in [-0.25, -0.2) is 10.2 Å². The highest BCUT2D eigenvalue weighted by Crippen LogP contribution is 2.22. The molecule has 0 spiro atoms. The van der Waals surface area contributed by atoms with Crippen LogP contribution >= 0.6 is 27.5 Å². The summed E-state index contributed by atoms with van der Waals surface area (Å²) in [5.74, 6) is -0.401. The second kappa shape index (κ2) is 9.94. The number of amides is 1. The Morgan fingerprint density at radius 3 is 2.65 bits per heavy atom. The quantitative estimate of drug-likeness (QED) is 0.404. The van der Waals surface area contributed by atoms with E-state index in [1.807, 2.05) is 0 Å². The molecule has 0 aromatic heterocycles. The lowest BCUT2D eigenvalue weighted by Crippen LogP contribution is -2.18. The predicted molar refractivity (Wildman–Crippen MR) is 103 cm³/mol. The Morgan fingerprint density at radius 1 is 1.23 bits per heavy atom. The third-order valence-electron chi connectivity index (χ3n) is 3.10. The highest BCUT2D eigenvalue weighted by molar-refractivity contribution is 9.10. The normalized spacial score (nSPS) is 10.6. The summed E-state index contributed by atoms with van der Waals surface area (Å²) in [6.07, 6.45) is 1.43. The van der Waals surface area contributed by atoms with E-state index in [0.717, 1.165) is 4.47 Å². The van der Waals surface area contributed by atoms with Crippen molar-refractivity contribution in [2.75, 3.05) is 13.2 Å². The first-order chi connectivity index (χ1) is 12.5. The summed E-state index contributed by atoms with van der Waals surface area (Å²) in [4.78, 5) is 23.4. The maximum absolute atomic E-state index is 12.0. The molecule has 0 bridgehead atoms. The molecule has 2 rings (SSSR count). The summed E-state index contributed by atoms with van der Waals surface area (Å²) < 4.78 is 11.1. The molecule has 1 N–H and O–H groups in total. The number of esters is 1. The van der Waals surface area contributed by atoms with Crippen molar-refractivity contribution in [3.05, 3.63) is 63.1 Å². The maximum Gasteiger partial charge on any atom is 0.344 e. The largest absolute Gasteiger partial charge is 0.481 e. The number of hydrazone groups is 1. The summed E-state index contributed by atoms with van der Waals surface area (Å²) in [6, 6.07) is 11.6. The van der Waals surface area contributed by atoms with Gasteiger partial charge < -0.3 is 9.47 Å². The molecule has 0 fully saturated rings. The summed E-state index contributed by atoms with van der Waals surface area (Å²) in [7, 11) is 0. The molecule has 6 nitrogen and oxygen atoms in total. The van der Waals surface area contributed by atoms with Crippen molar-refractivity contribution in [2.24, 2.45) is 5.10 Å². The standard InChI is InChI=1S/C18H16BrClN2O4/c1-2-25-17(23)11-26-16-8-5-14(19)9-13(16)10-21-22-18(24)12-3-6-15(20)7-4-12/h3-10H,2,11H2,1H3,(H,22,24)/b21-10-. The van der Waals surface area contributed by atoms with E-state index in [1.54, 1.807) is 49.4 Å². The van der Waals surface area contributed by atoms with Crippen LogP contribution in [0.1, 0.15) is 22.8 Å². The number of halogens is 2. The van der Waals surface area contributed by atoms with Crippen LogP contribution < -0.4 is 10.2 Å². The molecule has 2 aromatic carbocycles. The summed E-state index contributed by atoms with van der Waals surface area (Å²) in [5.41, 5.74) is 3.44. The number of hydrogen-bond acceptors (Lipinski definition) is 5. The number of hydrogen-bond donors (Lipinski definition) is 1. The van der Waals surface area contributed by atoms with Gasteiger partial charge in [0.1, 0.15) is 5.75 Å². The zero-order chi connectivity index (χ0) is 18.9. The molecule has 0 saturated carbocycles. The maximum atomic E-state index is 12.0. The number of nitrogens with one attached hydrogen (secondary N) is 1. The number of ether oxygens (including phenoxy) is 2. The molecule has 0 aliphatic carbocycles. The van der Waals surface area contributed by atoms with Crippen LogP contribution in [-0.2, 0) is 9.53 Å². The minimum atomic E-state index is -0.464. The first-order valence-corrected chi connectivity index (χ1v) is 8.83. The zero-order valence-corrected chi connectivity index (χ0v) is 16.2. The molecule has 0 aliphatic rings. The molecule has 26 heavy (non-hydrogen) atoms. The van der Waals surface area contributed by atoms with Crippen molar-refractivity contribution < 1.29 is 19.1 Å². The Bertz CT molecular complexity index is 809. The zero-order valence-electron chi connectivity index (χ0n) is 13.9. The Labute approximate surface area is 164 Å². The van der Waals surface area contributed by atoms with E-state index in [4.69, 9.17) is 21.1 Å². The third kappa shape index (κ3) is 6.16. The highest BCUT2D eigenvalue weighted by Gasteiger charge is 2.08. The average Bonchev–Trinajstić information content (AvgIpc) is 2.61. The van der Waals surface area contributed by atoms with Crippen LogP contribution in [0.5, 0.6) is 5.75 Å². The fourth-order valence-electron chi connectivity index (χ4n) is 1.92. The van der Waals surface area contributed by atoms with E-state index < -0.39 is 5.97 Å². The third-order valence-corrected chi connectivity index (χ3v) is 3.84. The van der Waals surface area contributed by atoms with Crippen LogP contribution in [0.2, 0.25) is 5.02 Å². The highest BCUT2D eigenvalue weighted by atomic mass is 79.9. The molecule has 8 heteroatoms. The van der Waals surface area contributed by atoms with Crippen molar-refractivity contribution >= 4 is 45.6 Å². The number of carbonyl (C=O) groups excluding carboxylic acids is 2. The lowest BCUT2D eigenvalue weighted by molar-refractivity contribution is -0.145. The molecule has 0 heterocycles. The monoisotopic (exact) mass is 438 g/mol. The predicted octanol–water partition coefficient (Wildman–Crippen LogP) is 3.81. The second-order valence-electron chi connectivity index (χ2n) is 4.98. The number of carbonyl (C=O) groups is 2. The van der Waals surface area contributed by atoms with Crippen molar-refractivity contribution in [3.8, 4) is 5.75 Å². The van der Waals surface area contributed by atoms with Crippen LogP contribution in [0, 0.1) is 0 Å². The van der Waals surface area contributed by atoms with Crippen LogP contribution in [0.4, 0.5) is 0 Å². The molecule has 136 valence electrons. The van der Waals surface area contributed by atoms with Gasteiger partial charge in [-0.15, -0.1) is 0 Å². The van der Waals surface area contributed by atoms with Crippen molar-refractivity contribution in [1.82, 2.24) is 5.43 Å². The summed E-state index contributed by atoms with van der Waals surface area (Å²) in [6.45, 7) is 1.79. The van der Waals surface area contributed by atoms with E-state index in [9.17, 15) is 9.59 Å². The van der Waals surface area contributed by atoms with Crippen molar-refractivity contribution in [2.45, 2.75) is 6.92 Å². The van der Waals surface area contributed by atoms with Crippen molar-refractivity contribution in [1.29, 1.82) is 0 Å². The SMILES string of the molecule is CCOC(=O)COc1ccc(Br)cc1/C=N\NC(=O)c1ccc(Cl)cc1. The van der Waals surface area contributed by atoms with Gasteiger partial charge in [0.15, 0.2) is 6.61 Å². The topological polar surface area (TPSA) is 77.0 Å². The summed E-state index contributed by atoms with van der Waals surface area (Å²) in [5, 5.41) is 4.48. The fourth-order valence-corrected chi connectivity index (χ4v) is 2.42. The minimum absolute atomic E-state index is 0.215. The van der Waals surface area contributed by atoms with Gasteiger partial charge in [0.2, 0.25) is 0 Å². The fraction of sp³-hybridized carbons (Fsp3) is 0.167. The van der Waals surface area contributed by atoms with E-state index in [2.05, 4.69) is 26.5 Å². The molecule has 2 aromatic rings. The molecule has 0 atom stereocenters. The first-order valence-electron chi connectivity index (χ1n) is 7.66. The molecule has 0 unspecified atom stereocenters. The smallest absolute Gasteiger partial charge is 0.344 e. The first kappa shape index (κ1) is 19.9. The molecule has 0 aliphatic heterocycles. The Morgan fingerprint density at radius 2 is 1.96 bits per heavy atom. The minimum Gasteiger partial charge on any atom is -0.481 e. The van der Waals surface area contributed by atoms with E-state index in [0.29, 0.717) is 21.9 Å². The molecule has 0 radical (unpaired) electrons. The van der Waals surface area contributed by atoms with Crippen LogP contribution in [0.3, 0.4) is 0 Å². The molecular formula is C18H16BrClN2O4. The van der Waals surface area contributed by atoms with Gasteiger partial charge in [0.25, 0.3) is 5.91 Å². The Balaban J connectivity index is 2.03. The van der Waals surface area contributed by atoms with E-state index in [1.165, 1.54) is 6.21 Å². The van der Waals surface area contributed by atoms with Gasteiger partial charge in [-0.05, 0) is 49.4 Å². The number of rotatable bonds is 7. The van der Waals surface area contributed by atoms with Gasteiger partial charge in [-0.2, -0.15) is 5.10 Å².